The number of halogens is 1. The number of nitrogen functional groups attached to an aromatic ring is 1. The topological polar surface area (TPSA) is 75.3 Å². The van der Waals surface area contributed by atoms with Crippen molar-refractivity contribution in [2.24, 2.45) is 0 Å². The summed E-state index contributed by atoms with van der Waals surface area (Å²) >= 11 is 0. The number of rotatable bonds is 3. The highest BCUT2D eigenvalue weighted by Gasteiger charge is 2.08. The fourth-order valence-corrected chi connectivity index (χ4v) is 1.68. The Morgan fingerprint density at radius 2 is 1.89 bits per heavy atom. The maximum Gasteiger partial charge on any atom is 0.335 e. The van der Waals surface area contributed by atoms with E-state index < -0.39 is 5.97 Å². The first-order valence-corrected chi connectivity index (χ1v) is 5.63. The lowest BCUT2D eigenvalue weighted by Crippen LogP contribution is -2.02. The van der Waals surface area contributed by atoms with Crippen molar-refractivity contribution in [3.63, 3.8) is 0 Å². The highest BCUT2D eigenvalue weighted by molar-refractivity contribution is 5.90. The van der Waals surface area contributed by atoms with Gasteiger partial charge in [0.1, 0.15) is 5.82 Å². The van der Waals surface area contributed by atoms with Crippen LogP contribution in [0.5, 0.6) is 0 Å². The lowest BCUT2D eigenvalue weighted by molar-refractivity contribution is 0.0697. The summed E-state index contributed by atoms with van der Waals surface area (Å²) in [6, 6.07) is 9.04. The molecule has 2 rings (SSSR count). The zero-order valence-electron chi connectivity index (χ0n) is 10.3. The van der Waals surface area contributed by atoms with Crippen LogP contribution in [0.3, 0.4) is 0 Å². The molecule has 0 atom stereocenters. The molecule has 98 valence electrons. The standard InChI is InChI=1S/C14H13FN2O2/c1-8-2-4-12(10(15)6-8)17-13-5-3-9(14(18)19)7-11(13)16/h2-7,17H,16H2,1H3,(H,18,19). The highest BCUT2D eigenvalue weighted by atomic mass is 19.1. The fraction of sp³-hybridized carbons (Fsp3) is 0.0714. The van der Waals surface area contributed by atoms with Crippen LogP contribution in [0.15, 0.2) is 36.4 Å². The molecule has 0 radical (unpaired) electrons. The lowest BCUT2D eigenvalue weighted by Gasteiger charge is -2.11. The molecule has 4 N–H and O–H groups in total. The van der Waals surface area contributed by atoms with Gasteiger partial charge >= 0.3 is 5.97 Å². The molecule has 0 aliphatic rings. The first-order valence-electron chi connectivity index (χ1n) is 5.63. The Hall–Kier alpha value is -2.56. The van der Waals surface area contributed by atoms with Gasteiger partial charge in [-0.3, -0.25) is 0 Å². The fourth-order valence-electron chi connectivity index (χ4n) is 1.68. The molecule has 0 fully saturated rings. The number of nitrogens with two attached hydrogens (primary N) is 1. The number of carboxylic acid groups (broad SMARTS) is 1. The third-order valence-corrected chi connectivity index (χ3v) is 2.69. The van der Waals surface area contributed by atoms with Gasteiger partial charge in [-0.25, -0.2) is 9.18 Å². The van der Waals surface area contributed by atoms with Crippen LogP contribution in [0.1, 0.15) is 15.9 Å². The maximum atomic E-state index is 13.7. The molecular weight excluding hydrogens is 247 g/mol. The Morgan fingerprint density at radius 3 is 2.47 bits per heavy atom. The van der Waals surface area contributed by atoms with E-state index in [0.29, 0.717) is 11.4 Å². The van der Waals surface area contributed by atoms with Gasteiger partial charge in [-0.15, -0.1) is 0 Å². The summed E-state index contributed by atoms with van der Waals surface area (Å²) in [6.45, 7) is 1.79. The van der Waals surface area contributed by atoms with E-state index in [1.165, 1.54) is 24.3 Å². The van der Waals surface area contributed by atoms with Crippen LogP contribution >= 0.6 is 0 Å². The Bertz CT molecular complexity index is 641. The maximum absolute atomic E-state index is 13.7. The van der Waals surface area contributed by atoms with Crippen molar-refractivity contribution in [3.05, 3.63) is 53.3 Å². The minimum Gasteiger partial charge on any atom is -0.478 e. The number of anilines is 3. The van der Waals surface area contributed by atoms with Gasteiger partial charge in [0.05, 0.1) is 22.6 Å². The molecule has 0 aliphatic heterocycles. The van der Waals surface area contributed by atoms with Gasteiger partial charge in [0.25, 0.3) is 0 Å². The highest BCUT2D eigenvalue weighted by Crippen LogP contribution is 2.26. The van der Waals surface area contributed by atoms with E-state index in [1.54, 1.807) is 19.1 Å². The second kappa shape index (κ2) is 4.97. The Labute approximate surface area is 109 Å². The predicted octanol–water partition coefficient (Wildman–Crippen LogP) is 3.16. The molecule has 0 aliphatic carbocycles. The average molecular weight is 260 g/mol. The van der Waals surface area contributed by atoms with Crippen molar-refractivity contribution in [1.82, 2.24) is 0 Å². The summed E-state index contributed by atoms with van der Waals surface area (Å²) in [6.07, 6.45) is 0. The van der Waals surface area contributed by atoms with Crippen LogP contribution < -0.4 is 11.1 Å². The number of carbonyl (C=O) groups is 1. The second-order valence-electron chi connectivity index (χ2n) is 4.22. The summed E-state index contributed by atoms with van der Waals surface area (Å²) in [7, 11) is 0. The zero-order chi connectivity index (χ0) is 14.0. The van der Waals surface area contributed by atoms with E-state index in [2.05, 4.69) is 5.32 Å². The van der Waals surface area contributed by atoms with Crippen molar-refractivity contribution in [2.75, 3.05) is 11.1 Å². The van der Waals surface area contributed by atoms with E-state index in [9.17, 15) is 9.18 Å². The van der Waals surface area contributed by atoms with Crippen LogP contribution in [-0.4, -0.2) is 11.1 Å². The first kappa shape index (κ1) is 12.9. The Kier molecular flexibility index (Phi) is 3.37. The van der Waals surface area contributed by atoms with E-state index in [1.807, 2.05) is 0 Å². The summed E-state index contributed by atoms with van der Waals surface area (Å²) < 4.78 is 13.7. The molecule has 2 aromatic rings. The number of benzene rings is 2. The summed E-state index contributed by atoms with van der Waals surface area (Å²) in [4.78, 5) is 10.8. The van der Waals surface area contributed by atoms with Crippen molar-refractivity contribution in [2.45, 2.75) is 6.92 Å². The van der Waals surface area contributed by atoms with Gasteiger partial charge in [0, 0.05) is 0 Å². The van der Waals surface area contributed by atoms with Crippen LogP contribution in [0, 0.1) is 12.7 Å². The van der Waals surface area contributed by atoms with E-state index in [-0.39, 0.29) is 17.1 Å². The van der Waals surface area contributed by atoms with Gasteiger partial charge in [0.15, 0.2) is 0 Å². The molecule has 0 saturated heterocycles. The molecule has 0 aromatic heterocycles. The lowest BCUT2D eigenvalue weighted by atomic mass is 10.1. The number of nitrogens with one attached hydrogen (secondary N) is 1. The van der Waals surface area contributed by atoms with Gasteiger partial charge in [-0.1, -0.05) is 6.07 Å². The van der Waals surface area contributed by atoms with Crippen molar-refractivity contribution >= 4 is 23.0 Å². The normalized spacial score (nSPS) is 10.2. The van der Waals surface area contributed by atoms with Crippen LogP contribution in [-0.2, 0) is 0 Å². The van der Waals surface area contributed by atoms with Gasteiger partial charge < -0.3 is 16.2 Å². The average Bonchev–Trinajstić information content (AvgIpc) is 2.34. The molecule has 4 nitrogen and oxygen atoms in total. The third kappa shape index (κ3) is 2.82. The number of aryl methyl sites for hydroxylation is 1. The number of aromatic carboxylic acids is 1. The predicted molar refractivity (Wildman–Crippen MR) is 72.2 cm³/mol. The number of hydrogen-bond acceptors (Lipinski definition) is 3. The summed E-state index contributed by atoms with van der Waals surface area (Å²) in [5.74, 6) is -1.44. The van der Waals surface area contributed by atoms with Crippen molar-refractivity contribution in [1.29, 1.82) is 0 Å². The molecule has 0 amide bonds. The van der Waals surface area contributed by atoms with E-state index in [0.717, 1.165) is 5.56 Å². The number of carboxylic acids is 1. The molecule has 0 heterocycles. The minimum absolute atomic E-state index is 0.0902. The SMILES string of the molecule is Cc1ccc(Nc2ccc(C(=O)O)cc2N)c(F)c1. The molecule has 0 unspecified atom stereocenters. The van der Waals surface area contributed by atoms with Gasteiger partial charge in [0.2, 0.25) is 0 Å². The minimum atomic E-state index is -1.06. The van der Waals surface area contributed by atoms with Crippen LogP contribution in [0.25, 0.3) is 0 Å². The quantitative estimate of drug-likeness (QED) is 0.741. The molecule has 0 saturated carbocycles. The third-order valence-electron chi connectivity index (χ3n) is 2.69. The van der Waals surface area contributed by atoms with Crippen LogP contribution in [0.4, 0.5) is 21.5 Å². The summed E-state index contributed by atoms with van der Waals surface area (Å²) in [5, 5.41) is 11.7. The molecule has 2 aromatic carbocycles. The van der Waals surface area contributed by atoms with E-state index >= 15 is 0 Å². The molecule has 0 spiro atoms. The Morgan fingerprint density at radius 1 is 1.21 bits per heavy atom. The second-order valence-corrected chi connectivity index (χ2v) is 4.22. The van der Waals surface area contributed by atoms with Crippen LogP contribution in [0.2, 0.25) is 0 Å². The van der Waals surface area contributed by atoms with E-state index in [4.69, 9.17) is 10.8 Å². The molecular formula is C14H13FN2O2. The van der Waals surface area contributed by atoms with Gasteiger partial charge in [-0.2, -0.15) is 0 Å². The monoisotopic (exact) mass is 260 g/mol. The van der Waals surface area contributed by atoms with Crippen molar-refractivity contribution in [3.8, 4) is 0 Å². The van der Waals surface area contributed by atoms with Gasteiger partial charge in [-0.05, 0) is 42.8 Å². The molecule has 19 heavy (non-hydrogen) atoms. The largest absolute Gasteiger partial charge is 0.478 e. The molecule has 5 heteroatoms. The summed E-state index contributed by atoms with van der Waals surface area (Å²) in [5.41, 5.74) is 7.65. The number of hydrogen-bond donors (Lipinski definition) is 3. The first-order chi connectivity index (χ1) is 8.97. The smallest absolute Gasteiger partial charge is 0.335 e. The molecule has 0 bridgehead atoms. The zero-order valence-corrected chi connectivity index (χ0v) is 10.3. The Balaban J connectivity index is 2.31. The van der Waals surface area contributed by atoms with Crippen molar-refractivity contribution < 1.29 is 14.3 Å².